The summed E-state index contributed by atoms with van der Waals surface area (Å²) < 4.78 is 3.90. The van der Waals surface area contributed by atoms with E-state index in [-0.39, 0.29) is 13.1 Å². The summed E-state index contributed by atoms with van der Waals surface area (Å²) in [4.78, 5) is 37.3. The van der Waals surface area contributed by atoms with E-state index < -0.39 is 17.2 Å². The molecule has 3 aromatic rings. The zero-order valence-electron chi connectivity index (χ0n) is 14.1. The molecule has 0 aliphatic rings. The van der Waals surface area contributed by atoms with E-state index in [9.17, 15) is 14.4 Å². The van der Waals surface area contributed by atoms with Crippen molar-refractivity contribution in [2.75, 3.05) is 0 Å². The molecule has 0 unspecified atom stereocenters. The molecule has 1 amide bonds. The Morgan fingerprint density at radius 2 is 1.80 bits per heavy atom. The highest BCUT2D eigenvalue weighted by Gasteiger charge is 2.20. The van der Waals surface area contributed by atoms with Crippen LogP contribution >= 0.6 is 0 Å². The summed E-state index contributed by atoms with van der Waals surface area (Å²) in [5.74, 6) is -0.656. The van der Waals surface area contributed by atoms with Crippen LogP contribution in [0.25, 0.3) is 11.0 Å². The second-order valence-electron chi connectivity index (χ2n) is 5.81. The van der Waals surface area contributed by atoms with Crippen LogP contribution < -0.4 is 17.0 Å². The summed E-state index contributed by atoms with van der Waals surface area (Å²) in [6.07, 6.45) is 0. The quantitative estimate of drug-likeness (QED) is 0.717. The lowest BCUT2D eigenvalue weighted by atomic mass is 10.2. The summed E-state index contributed by atoms with van der Waals surface area (Å²) >= 11 is 0. The largest absolute Gasteiger partial charge is 0.368 e. The van der Waals surface area contributed by atoms with Gasteiger partial charge in [-0.1, -0.05) is 30.3 Å². The minimum atomic E-state index is -0.656. The maximum absolute atomic E-state index is 13.0. The van der Waals surface area contributed by atoms with E-state index in [1.54, 1.807) is 11.6 Å². The molecule has 2 aromatic heterocycles. The van der Waals surface area contributed by atoms with Gasteiger partial charge in [0.15, 0.2) is 5.52 Å². The van der Waals surface area contributed by atoms with Crippen molar-refractivity contribution in [3.05, 3.63) is 62.4 Å². The van der Waals surface area contributed by atoms with Gasteiger partial charge in [-0.05, 0) is 19.4 Å². The van der Waals surface area contributed by atoms with Gasteiger partial charge in [0.2, 0.25) is 5.91 Å². The van der Waals surface area contributed by atoms with Crippen molar-refractivity contribution in [3.63, 3.8) is 0 Å². The summed E-state index contributed by atoms with van der Waals surface area (Å²) in [7, 11) is 0. The molecule has 0 fully saturated rings. The van der Waals surface area contributed by atoms with Gasteiger partial charge in [0, 0.05) is 6.54 Å². The molecular weight excluding hydrogens is 322 g/mol. The first-order valence-corrected chi connectivity index (χ1v) is 7.97. The van der Waals surface area contributed by atoms with E-state index >= 15 is 0 Å². The van der Waals surface area contributed by atoms with Crippen LogP contribution in [0.4, 0.5) is 0 Å². The lowest BCUT2D eigenvalue weighted by Crippen LogP contribution is -2.42. The number of amides is 1. The Morgan fingerprint density at radius 3 is 2.40 bits per heavy atom. The van der Waals surface area contributed by atoms with Crippen molar-refractivity contribution >= 4 is 16.9 Å². The van der Waals surface area contributed by atoms with Crippen LogP contribution in [0.3, 0.4) is 0 Å². The molecule has 0 saturated heterocycles. The van der Waals surface area contributed by atoms with Gasteiger partial charge in [-0.3, -0.25) is 23.4 Å². The van der Waals surface area contributed by atoms with Crippen molar-refractivity contribution < 1.29 is 4.79 Å². The first-order valence-electron chi connectivity index (χ1n) is 7.97. The Kier molecular flexibility index (Phi) is 4.26. The van der Waals surface area contributed by atoms with Crippen LogP contribution in [-0.4, -0.2) is 24.8 Å². The summed E-state index contributed by atoms with van der Waals surface area (Å²) in [6, 6.07) is 9.19. The van der Waals surface area contributed by atoms with Gasteiger partial charge in [0.1, 0.15) is 12.1 Å². The molecule has 2 heterocycles. The molecule has 0 aliphatic carbocycles. The Morgan fingerprint density at radius 1 is 1.12 bits per heavy atom. The third-order valence-electron chi connectivity index (χ3n) is 4.07. The van der Waals surface area contributed by atoms with Crippen molar-refractivity contribution in [2.45, 2.75) is 33.5 Å². The minimum absolute atomic E-state index is 0.112. The number of hydrogen-bond acceptors (Lipinski definition) is 4. The Labute approximate surface area is 143 Å². The highest BCUT2D eigenvalue weighted by molar-refractivity contribution is 5.80. The lowest BCUT2D eigenvalue weighted by Gasteiger charge is -2.12. The summed E-state index contributed by atoms with van der Waals surface area (Å²) in [5.41, 5.74) is 6.29. The van der Waals surface area contributed by atoms with E-state index in [4.69, 9.17) is 5.73 Å². The fraction of sp³-hybridized carbons (Fsp3) is 0.294. The number of fused-ring (bicyclic) bond motifs is 1. The first kappa shape index (κ1) is 16.7. The number of carbonyl (C=O) groups is 1. The molecule has 0 radical (unpaired) electrons. The molecule has 8 heteroatoms. The Balaban J connectivity index is 2.35. The fourth-order valence-electron chi connectivity index (χ4n) is 3.00. The molecule has 0 bridgehead atoms. The van der Waals surface area contributed by atoms with Crippen LogP contribution in [0.2, 0.25) is 0 Å². The Hall–Kier alpha value is -3.16. The highest BCUT2D eigenvalue weighted by atomic mass is 16.2. The maximum atomic E-state index is 13.0. The first-order chi connectivity index (χ1) is 11.9. The molecule has 1 aromatic carbocycles. The van der Waals surface area contributed by atoms with Gasteiger partial charge in [-0.25, -0.2) is 4.79 Å². The number of primary amides is 1. The summed E-state index contributed by atoms with van der Waals surface area (Å²) in [5, 5.41) is 4.32. The average Bonchev–Trinajstić information content (AvgIpc) is 2.93. The van der Waals surface area contributed by atoms with Crippen LogP contribution in [0, 0.1) is 6.92 Å². The van der Waals surface area contributed by atoms with Gasteiger partial charge in [0.05, 0.1) is 12.2 Å². The molecule has 0 saturated carbocycles. The van der Waals surface area contributed by atoms with E-state index in [0.717, 1.165) is 10.1 Å². The SMILES string of the molecule is CCn1nc(C)c2c1c(=O)n(Cc1ccccc1)c(=O)n2CC(N)=O. The van der Waals surface area contributed by atoms with Crippen LogP contribution in [0.15, 0.2) is 39.9 Å². The monoisotopic (exact) mass is 341 g/mol. The zero-order valence-corrected chi connectivity index (χ0v) is 14.1. The second kappa shape index (κ2) is 6.39. The van der Waals surface area contributed by atoms with Gasteiger partial charge >= 0.3 is 5.69 Å². The number of nitrogens with two attached hydrogens (primary N) is 1. The molecule has 130 valence electrons. The standard InChI is InChI=1S/C17H19N5O3/c1-3-22-15-14(11(2)19-22)20(10-13(18)23)17(25)21(16(15)24)9-12-7-5-4-6-8-12/h4-8H,3,9-10H2,1-2H3,(H2,18,23). The smallest absolute Gasteiger partial charge is 0.332 e. The van der Waals surface area contributed by atoms with E-state index in [1.165, 1.54) is 4.57 Å². The maximum Gasteiger partial charge on any atom is 0.332 e. The second-order valence-corrected chi connectivity index (χ2v) is 5.81. The predicted molar refractivity (Wildman–Crippen MR) is 93.4 cm³/mol. The van der Waals surface area contributed by atoms with Crippen molar-refractivity contribution in [1.29, 1.82) is 0 Å². The third kappa shape index (κ3) is 2.86. The molecular formula is C17H19N5O3. The van der Waals surface area contributed by atoms with Crippen molar-refractivity contribution in [3.8, 4) is 0 Å². The van der Waals surface area contributed by atoms with Crippen molar-refractivity contribution in [2.24, 2.45) is 5.73 Å². The van der Waals surface area contributed by atoms with Gasteiger partial charge in [-0.2, -0.15) is 5.10 Å². The molecule has 0 atom stereocenters. The Bertz CT molecular complexity index is 1060. The van der Waals surface area contributed by atoms with E-state index in [0.29, 0.717) is 23.3 Å². The van der Waals surface area contributed by atoms with Gasteiger partial charge in [-0.15, -0.1) is 0 Å². The summed E-state index contributed by atoms with van der Waals surface area (Å²) in [6.45, 7) is 3.84. The number of rotatable bonds is 5. The molecule has 8 nitrogen and oxygen atoms in total. The van der Waals surface area contributed by atoms with E-state index in [1.807, 2.05) is 37.3 Å². The van der Waals surface area contributed by atoms with Crippen LogP contribution in [0.5, 0.6) is 0 Å². The highest BCUT2D eigenvalue weighted by Crippen LogP contribution is 2.13. The number of aromatic nitrogens is 4. The van der Waals surface area contributed by atoms with E-state index in [2.05, 4.69) is 5.10 Å². The third-order valence-corrected chi connectivity index (χ3v) is 4.07. The van der Waals surface area contributed by atoms with Gasteiger partial charge < -0.3 is 5.73 Å². The number of carbonyl (C=O) groups excluding carboxylic acids is 1. The lowest BCUT2D eigenvalue weighted by molar-refractivity contribution is -0.118. The number of benzene rings is 1. The molecule has 0 aliphatic heterocycles. The molecule has 25 heavy (non-hydrogen) atoms. The number of aryl methyl sites for hydroxylation is 2. The van der Waals surface area contributed by atoms with Crippen LogP contribution in [0.1, 0.15) is 18.2 Å². The zero-order chi connectivity index (χ0) is 18.1. The minimum Gasteiger partial charge on any atom is -0.368 e. The molecule has 3 rings (SSSR count). The average molecular weight is 341 g/mol. The number of hydrogen-bond donors (Lipinski definition) is 1. The topological polar surface area (TPSA) is 105 Å². The van der Waals surface area contributed by atoms with Crippen LogP contribution in [-0.2, 0) is 24.4 Å². The number of nitrogens with zero attached hydrogens (tertiary/aromatic N) is 4. The van der Waals surface area contributed by atoms with Crippen molar-refractivity contribution in [1.82, 2.24) is 18.9 Å². The normalized spacial score (nSPS) is 11.1. The van der Waals surface area contributed by atoms with Gasteiger partial charge in [0.25, 0.3) is 5.56 Å². The predicted octanol–water partition coefficient (Wildman–Crippen LogP) is 0.222. The molecule has 0 spiro atoms. The fourth-order valence-corrected chi connectivity index (χ4v) is 3.00. The molecule has 2 N–H and O–H groups in total.